The molecule has 0 atom stereocenters. The van der Waals surface area contributed by atoms with Crippen LogP contribution in [0.25, 0.3) is 12.2 Å². The minimum absolute atomic E-state index is 0.0883. The van der Waals surface area contributed by atoms with E-state index in [1.165, 1.54) is 6.92 Å². The maximum absolute atomic E-state index is 12.5. The first-order chi connectivity index (χ1) is 13.0. The van der Waals surface area contributed by atoms with Crippen LogP contribution in [0.3, 0.4) is 0 Å². The molecule has 0 unspecified atom stereocenters. The molecular weight excluding hydrogens is 346 g/mol. The zero-order chi connectivity index (χ0) is 19.6. The lowest BCUT2D eigenvalue weighted by molar-refractivity contribution is -0.116. The van der Waals surface area contributed by atoms with Crippen LogP contribution in [0.5, 0.6) is 23.0 Å². The Hall–Kier alpha value is -3.15. The molecular formula is C21H23NO5. The van der Waals surface area contributed by atoms with Crippen molar-refractivity contribution in [3.05, 3.63) is 41.0 Å². The summed E-state index contributed by atoms with van der Waals surface area (Å²) >= 11 is 0. The Kier molecular flexibility index (Phi) is 5.26. The van der Waals surface area contributed by atoms with E-state index in [2.05, 4.69) is 0 Å². The molecule has 0 bridgehead atoms. The van der Waals surface area contributed by atoms with Gasteiger partial charge in [-0.3, -0.25) is 4.79 Å². The Morgan fingerprint density at radius 2 is 1.67 bits per heavy atom. The minimum atomic E-state index is -0.0883. The number of ether oxygens (including phenoxy) is 4. The quantitative estimate of drug-likeness (QED) is 0.821. The highest BCUT2D eigenvalue weighted by Gasteiger charge is 2.26. The molecule has 27 heavy (non-hydrogen) atoms. The lowest BCUT2D eigenvalue weighted by Crippen LogP contribution is -2.29. The Morgan fingerprint density at radius 3 is 2.26 bits per heavy atom. The second-order valence-electron chi connectivity index (χ2n) is 6.08. The van der Waals surface area contributed by atoms with E-state index in [0.717, 1.165) is 22.4 Å². The number of benzene rings is 2. The number of hydrogen-bond acceptors (Lipinski definition) is 5. The van der Waals surface area contributed by atoms with Crippen molar-refractivity contribution < 1.29 is 23.7 Å². The van der Waals surface area contributed by atoms with E-state index in [4.69, 9.17) is 18.9 Å². The van der Waals surface area contributed by atoms with Crippen molar-refractivity contribution in [2.24, 2.45) is 0 Å². The van der Waals surface area contributed by atoms with E-state index in [9.17, 15) is 4.79 Å². The predicted octanol–water partition coefficient (Wildman–Crippen LogP) is 3.76. The average Bonchev–Trinajstić information content (AvgIpc) is 2.67. The number of hydrogen-bond donors (Lipinski definition) is 0. The number of fused-ring (bicyclic) bond motifs is 2. The van der Waals surface area contributed by atoms with Gasteiger partial charge in [0.25, 0.3) is 0 Å². The first kappa shape index (κ1) is 18.6. The van der Waals surface area contributed by atoms with Gasteiger partial charge in [0, 0.05) is 18.6 Å². The molecule has 0 aromatic heterocycles. The van der Waals surface area contributed by atoms with Gasteiger partial charge in [-0.25, -0.2) is 0 Å². The van der Waals surface area contributed by atoms with Crippen molar-refractivity contribution in [3.63, 3.8) is 0 Å². The van der Waals surface area contributed by atoms with E-state index >= 15 is 0 Å². The molecule has 0 radical (unpaired) electrons. The second-order valence-corrected chi connectivity index (χ2v) is 6.08. The first-order valence-corrected chi connectivity index (χ1v) is 8.50. The highest BCUT2D eigenvalue weighted by Crippen LogP contribution is 2.47. The van der Waals surface area contributed by atoms with Gasteiger partial charge in [-0.15, -0.1) is 0 Å². The molecule has 3 rings (SSSR count). The molecule has 0 spiro atoms. The number of anilines is 1. The third-order valence-electron chi connectivity index (χ3n) is 4.63. The van der Waals surface area contributed by atoms with Crippen LogP contribution in [0.15, 0.2) is 24.3 Å². The lowest BCUT2D eigenvalue weighted by Gasteiger charge is -2.28. The van der Waals surface area contributed by atoms with Crippen molar-refractivity contribution in [1.29, 1.82) is 0 Å². The monoisotopic (exact) mass is 369 g/mol. The average molecular weight is 369 g/mol. The molecule has 2 aromatic carbocycles. The fourth-order valence-electron chi connectivity index (χ4n) is 3.27. The summed E-state index contributed by atoms with van der Waals surface area (Å²) < 4.78 is 21.9. The van der Waals surface area contributed by atoms with Crippen molar-refractivity contribution in [2.45, 2.75) is 13.5 Å². The summed E-state index contributed by atoms with van der Waals surface area (Å²) in [6, 6.07) is 7.61. The molecule has 6 heteroatoms. The highest BCUT2D eigenvalue weighted by atomic mass is 16.5. The molecule has 1 aliphatic rings. The largest absolute Gasteiger partial charge is 0.497 e. The lowest BCUT2D eigenvalue weighted by atomic mass is 9.99. The van der Waals surface area contributed by atoms with Crippen LogP contribution in [0.1, 0.15) is 23.6 Å². The molecule has 142 valence electrons. The molecule has 1 aliphatic heterocycles. The summed E-state index contributed by atoms with van der Waals surface area (Å²) in [5.41, 5.74) is 3.44. The van der Waals surface area contributed by atoms with Crippen molar-refractivity contribution in [2.75, 3.05) is 33.3 Å². The number of amides is 1. The smallest absolute Gasteiger partial charge is 0.224 e. The van der Waals surface area contributed by atoms with E-state index in [1.54, 1.807) is 39.4 Å². The highest BCUT2D eigenvalue weighted by molar-refractivity contribution is 5.98. The third-order valence-corrected chi connectivity index (χ3v) is 4.63. The predicted molar refractivity (Wildman–Crippen MR) is 105 cm³/mol. The zero-order valence-electron chi connectivity index (χ0n) is 16.2. The van der Waals surface area contributed by atoms with Crippen molar-refractivity contribution in [1.82, 2.24) is 0 Å². The number of carbonyl (C=O) groups is 1. The Bertz CT molecular complexity index is 904. The van der Waals surface area contributed by atoms with Gasteiger partial charge in [-0.05, 0) is 29.3 Å². The summed E-state index contributed by atoms with van der Waals surface area (Å²) in [6.45, 7) is 1.94. The van der Waals surface area contributed by atoms with Crippen LogP contribution in [-0.2, 0) is 11.3 Å². The van der Waals surface area contributed by atoms with Gasteiger partial charge < -0.3 is 23.8 Å². The fourth-order valence-corrected chi connectivity index (χ4v) is 3.27. The van der Waals surface area contributed by atoms with Gasteiger partial charge in [0.05, 0.1) is 40.7 Å². The van der Waals surface area contributed by atoms with Gasteiger partial charge >= 0.3 is 0 Å². The van der Waals surface area contributed by atoms with Crippen LogP contribution in [0, 0.1) is 0 Å². The molecule has 1 amide bonds. The summed E-state index contributed by atoms with van der Waals surface area (Å²) in [4.78, 5) is 14.2. The zero-order valence-corrected chi connectivity index (χ0v) is 16.2. The van der Waals surface area contributed by atoms with Crippen molar-refractivity contribution >= 4 is 23.7 Å². The van der Waals surface area contributed by atoms with E-state index < -0.39 is 0 Å². The van der Waals surface area contributed by atoms with Crippen LogP contribution in [0.4, 0.5) is 5.69 Å². The second kappa shape index (κ2) is 7.61. The number of carbonyl (C=O) groups excluding carboxylic acids is 1. The van der Waals surface area contributed by atoms with E-state index in [1.807, 2.05) is 30.4 Å². The Balaban J connectivity index is 2.29. The van der Waals surface area contributed by atoms with Gasteiger partial charge in [-0.2, -0.15) is 0 Å². The van der Waals surface area contributed by atoms with Crippen LogP contribution >= 0.6 is 0 Å². The maximum Gasteiger partial charge on any atom is 0.224 e. The molecule has 6 nitrogen and oxygen atoms in total. The SMILES string of the molecule is COc1ccc2c(c1)CN(C(C)=O)c1cc(OC)c(OC)c(OC)c1C=C2. The summed E-state index contributed by atoms with van der Waals surface area (Å²) in [6.07, 6.45) is 3.93. The first-order valence-electron chi connectivity index (χ1n) is 8.50. The van der Waals surface area contributed by atoms with Gasteiger partial charge in [0.2, 0.25) is 11.7 Å². The number of methoxy groups -OCH3 is 4. The summed E-state index contributed by atoms with van der Waals surface area (Å²) in [5.74, 6) is 2.17. The fraction of sp³-hybridized carbons (Fsp3) is 0.286. The van der Waals surface area contributed by atoms with Crippen LogP contribution in [0.2, 0.25) is 0 Å². The molecule has 0 saturated heterocycles. The Morgan fingerprint density at radius 1 is 0.926 bits per heavy atom. The van der Waals surface area contributed by atoms with Gasteiger partial charge in [0.1, 0.15) is 5.75 Å². The normalized spacial score (nSPS) is 12.4. The van der Waals surface area contributed by atoms with Crippen LogP contribution in [-0.4, -0.2) is 34.3 Å². The molecule has 0 fully saturated rings. The molecule has 1 heterocycles. The third kappa shape index (κ3) is 3.30. The van der Waals surface area contributed by atoms with Gasteiger partial charge in [0.15, 0.2) is 11.5 Å². The molecule has 0 N–H and O–H groups in total. The topological polar surface area (TPSA) is 57.2 Å². The number of nitrogens with zero attached hydrogens (tertiary/aromatic N) is 1. The Labute approximate surface area is 158 Å². The van der Waals surface area contributed by atoms with Crippen molar-refractivity contribution in [3.8, 4) is 23.0 Å². The van der Waals surface area contributed by atoms with Crippen LogP contribution < -0.4 is 23.8 Å². The van der Waals surface area contributed by atoms with E-state index in [-0.39, 0.29) is 5.91 Å². The molecule has 0 saturated carbocycles. The summed E-state index contributed by atoms with van der Waals surface area (Å²) in [7, 11) is 6.31. The standard InChI is InChI=1S/C21H23NO5/c1-13(23)22-12-15-10-16(24-2)8-6-14(15)7-9-17-18(22)11-19(25-3)21(27-5)20(17)26-4/h6-11H,12H2,1-5H3. The number of rotatable bonds is 4. The maximum atomic E-state index is 12.5. The minimum Gasteiger partial charge on any atom is -0.497 e. The molecule has 2 aromatic rings. The van der Waals surface area contributed by atoms with Gasteiger partial charge in [-0.1, -0.05) is 12.1 Å². The summed E-state index contributed by atoms with van der Waals surface area (Å²) in [5, 5.41) is 0. The van der Waals surface area contributed by atoms with E-state index in [0.29, 0.717) is 29.5 Å². The molecule has 0 aliphatic carbocycles.